The second-order valence-electron chi connectivity index (χ2n) is 7.30. The van der Waals surface area contributed by atoms with E-state index in [4.69, 9.17) is 0 Å². The Morgan fingerprint density at radius 3 is 1.73 bits per heavy atom. The third-order valence-corrected chi connectivity index (χ3v) is 4.95. The van der Waals surface area contributed by atoms with Crippen LogP contribution in [0, 0.1) is 5.82 Å². The van der Waals surface area contributed by atoms with Crippen molar-refractivity contribution in [3.63, 3.8) is 0 Å². The summed E-state index contributed by atoms with van der Waals surface area (Å²) in [4.78, 5) is 14.9. The largest absolute Gasteiger partial charge is 0.433 e. The standard InChI is InChI=1S/C20H18F7N3O.2H2S/c21-12-3-1-11(2-4-12)18(31)29-14-7-5-13(6-8-14)28-15-9-16(19(22,23)24)30-17(10-15)20(25,26)27;;/h1-4,9-10,13-14H,5-8H2,(H,28,30)(H,29,31);2*1H2. The molecule has 4 nitrogen and oxygen atoms in total. The normalized spacial score (nSPS) is 18.5. The lowest BCUT2D eigenvalue weighted by molar-refractivity contribution is -0.150. The van der Waals surface area contributed by atoms with Gasteiger partial charge >= 0.3 is 12.4 Å². The van der Waals surface area contributed by atoms with Gasteiger partial charge in [0.15, 0.2) is 0 Å². The number of pyridine rings is 1. The van der Waals surface area contributed by atoms with Gasteiger partial charge in [-0.05, 0) is 62.1 Å². The van der Waals surface area contributed by atoms with E-state index in [0.717, 1.165) is 12.1 Å². The molecule has 0 saturated heterocycles. The van der Waals surface area contributed by atoms with Crippen LogP contribution in [0.5, 0.6) is 0 Å². The fourth-order valence-electron chi connectivity index (χ4n) is 3.39. The van der Waals surface area contributed by atoms with Gasteiger partial charge < -0.3 is 10.6 Å². The number of carbonyl (C=O) groups excluding carboxylic acids is 1. The zero-order valence-electron chi connectivity index (χ0n) is 16.9. The maximum absolute atomic E-state index is 12.9. The van der Waals surface area contributed by atoms with Crippen molar-refractivity contribution in [2.45, 2.75) is 50.1 Å². The van der Waals surface area contributed by atoms with E-state index in [1.54, 1.807) is 0 Å². The maximum Gasteiger partial charge on any atom is 0.433 e. The number of aromatic nitrogens is 1. The summed E-state index contributed by atoms with van der Waals surface area (Å²) in [5, 5.41) is 5.52. The second-order valence-corrected chi connectivity index (χ2v) is 7.30. The minimum Gasteiger partial charge on any atom is -0.382 e. The van der Waals surface area contributed by atoms with Gasteiger partial charge in [0, 0.05) is 23.3 Å². The molecular weight excluding hydrogens is 495 g/mol. The summed E-state index contributed by atoms with van der Waals surface area (Å²) in [6, 6.07) is 5.56. The SMILES string of the molecule is O=C(NC1CCC(Nc2cc(C(F)(F)F)nc(C(F)(F)F)c2)CC1)c1ccc(F)cc1.S.S. The molecule has 1 aromatic heterocycles. The van der Waals surface area contributed by atoms with Gasteiger partial charge in [0.25, 0.3) is 5.91 Å². The van der Waals surface area contributed by atoms with Crippen LogP contribution in [-0.4, -0.2) is 23.0 Å². The van der Waals surface area contributed by atoms with Crippen LogP contribution in [0.1, 0.15) is 47.4 Å². The molecule has 0 radical (unpaired) electrons. The van der Waals surface area contributed by atoms with Crippen LogP contribution in [0.25, 0.3) is 0 Å². The summed E-state index contributed by atoms with van der Waals surface area (Å²) in [5.74, 6) is -0.850. The average Bonchev–Trinajstić information content (AvgIpc) is 2.68. The van der Waals surface area contributed by atoms with Crippen molar-refractivity contribution in [2.24, 2.45) is 0 Å². The summed E-state index contributed by atoms with van der Waals surface area (Å²) < 4.78 is 90.5. The highest BCUT2D eigenvalue weighted by molar-refractivity contribution is 7.59. The van der Waals surface area contributed by atoms with E-state index in [-0.39, 0.29) is 56.2 Å². The molecule has 1 aliphatic carbocycles. The molecule has 1 aromatic carbocycles. The first-order chi connectivity index (χ1) is 14.4. The fraction of sp³-hybridized carbons (Fsp3) is 0.400. The van der Waals surface area contributed by atoms with E-state index < -0.39 is 29.6 Å². The monoisotopic (exact) mass is 517 g/mol. The number of carbonyl (C=O) groups is 1. The van der Waals surface area contributed by atoms with Crippen LogP contribution in [0.4, 0.5) is 36.4 Å². The van der Waals surface area contributed by atoms with Crippen LogP contribution >= 0.6 is 27.0 Å². The van der Waals surface area contributed by atoms with Crippen molar-refractivity contribution in [1.29, 1.82) is 0 Å². The fourth-order valence-corrected chi connectivity index (χ4v) is 3.39. The molecule has 3 rings (SSSR count). The molecule has 0 aliphatic heterocycles. The van der Waals surface area contributed by atoms with Gasteiger partial charge in [-0.2, -0.15) is 53.3 Å². The molecular formula is C20H22F7N3OS2. The van der Waals surface area contributed by atoms with E-state index in [9.17, 15) is 35.5 Å². The van der Waals surface area contributed by atoms with E-state index >= 15 is 0 Å². The Bertz CT molecular complexity index is 896. The summed E-state index contributed by atoms with van der Waals surface area (Å²) in [6.45, 7) is 0. The highest BCUT2D eigenvalue weighted by Gasteiger charge is 2.39. The number of nitrogens with zero attached hydrogens (tertiary/aromatic N) is 1. The summed E-state index contributed by atoms with van der Waals surface area (Å²) >= 11 is 0. The molecule has 33 heavy (non-hydrogen) atoms. The maximum atomic E-state index is 12.9. The van der Waals surface area contributed by atoms with Gasteiger partial charge in [-0.1, -0.05) is 0 Å². The number of amides is 1. The van der Waals surface area contributed by atoms with Crippen molar-refractivity contribution in [3.05, 3.63) is 59.2 Å². The van der Waals surface area contributed by atoms with Gasteiger partial charge in [0.2, 0.25) is 0 Å². The molecule has 184 valence electrons. The third kappa shape index (κ3) is 7.98. The number of alkyl halides is 6. The lowest BCUT2D eigenvalue weighted by Gasteiger charge is -2.30. The van der Waals surface area contributed by atoms with Crippen LogP contribution < -0.4 is 10.6 Å². The zero-order valence-corrected chi connectivity index (χ0v) is 18.9. The number of anilines is 1. The number of nitrogens with one attached hydrogen (secondary N) is 2. The Morgan fingerprint density at radius 2 is 1.27 bits per heavy atom. The average molecular weight is 518 g/mol. The zero-order chi connectivity index (χ0) is 22.8. The van der Waals surface area contributed by atoms with Crippen LogP contribution in [0.3, 0.4) is 0 Å². The summed E-state index contributed by atoms with van der Waals surface area (Å²) in [7, 11) is 0. The smallest absolute Gasteiger partial charge is 0.382 e. The lowest BCUT2D eigenvalue weighted by atomic mass is 9.90. The molecule has 1 amide bonds. The molecule has 0 atom stereocenters. The molecule has 1 saturated carbocycles. The first-order valence-corrected chi connectivity index (χ1v) is 9.41. The molecule has 2 N–H and O–H groups in total. The quantitative estimate of drug-likeness (QED) is 0.517. The Labute approximate surface area is 199 Å². The van der Waals surface area contributed by atoms with Gasteiger partial charge in [0.1, 0.15) is 17.2 Å². The predicted molar refractivity (Wildman–Crippen MR) is 119 cm³/mol. The minimum atomic E-state index is -5.01. The topological polar surface area (TPSA) is 54.0 Å². The third-order valence-electron chi connectivity index (χ3n) is 4.95. The highest BCUT2D eigenvalue weighted by Crippen LogP contribution is 2.35. The lowest BCUT2D eigenvalue weighted by Crippen LogP contribution is -2.40. The number of hydrogen-bond acceptors (Lipinski definition) is 3. The molecule has 1 heterocycles. The van der Waals surface area contributed by atoms with Crippen LogP contribution in [0.15, 0.2) is 36.4 Å². The molecule has 0 spiro atoms. The van der Waals surface area contributed by atoms with E-state index in [2.05, 4.69) is 15.6 Å². The van der Waals surface area contributed by atoms with Crippen molar-refractivity contribution in [3.8, 4) is 0 Å². The minimum absolute atomic E-state index is 0. The molecule has 1 fully saturated rings. The number of benzene rings is 1. The van der Waals surface area contributed by atoms with Crippen LogP contribution in [-0.2, 0) is 12.4 Å². The first kappa shape index (κ1) is 28.9. The first-order valence-electron chi connectivity index (χ1n) is 9.41. The number of halogens is 7. The molecule has 0 bridgehead atoms. The van der Waals surface area contributed by atoms with E-state index in [0.29, 0.717) is 37.8 Å². The predicted octanol–water partition coefficient (Wildman–Crippen LogP) is 5.64. The Hall–Kier alpha value is -2.15. The van der Waals surface area contributed by atoms with Crippen molar-refractivity contribution >= 4 is 38.6 Å². The van der Waals surface area contributed by atoms with E-state index in [1.165, 1.54) is 12.1 Å². The Kier molecular flexibility index (Phi) is 9.91. The summed E-state index contributed by atoms with van der Waals surface area (Å²) in [5.41, 5.74) is -3.26. The van der Waals surface area contributed by atoms with Crippen molar-refractivity contribution in [1.82, 2.24) is 10.3 Å². The van der Waals surface area contributed by atoms with Gasteiger partial charge in [-0.25, -0.2) is 9.37 Å². The molecule has 2 aromatic rings. The second kappa shape index (κ2) is 11.3. The number of rotatable bonds is 4. The van der Waals surface area contributed by atoms with Crippen molar-refractivity contribution < 1.29 is 35.5 Å². The van der Waals surface area contributed by atoms with Gasteiger partial charge in [0.05, 0.1) is 0 Å². The van der Waals surface area contributed by atoms with Gasteiger partial charge in [-0.15, -0.1) is 0 Å². The van der Waals surface area contributed by atoms with Crippen molar-refractivity contribution in [2.75, 3.05) is 5.32 Å². The molecule has 1 aliphatic rings. The Balaban J connectivity index is 0.00000272. The summed E-state index contributed by atoms with van der Waals surface area (Å²) in [6.07, 6.45) is -8.21. The van der Waals surface area contributed by atoms with Crippen LogP contribution in [0.2, 0.25) is 0 Å². The molecule has 13 heteroatoms. The Morgan fingerprint density at radius 1 is 0.818 bits per heavy atom. The number of hydrogen-bond donors (Lipinski definition) is 2. The molecule has 0 unspecified atom stereocenters. The van der Waals surface area contributed by atoms with Gasteiger partial charge in [-0.3, -0.25) is 4.79 Å². The van der Waals surface area contributed by atoms with E-state index in [1.807, 2.05) is 0 Å². The highest BCUT2D eigenvalue weighted by atomic mass is 32.1.